The molecule has 0 aliphatic carbocycles. The summed E-state index contributed by atoms with van der Waals surface area (Å²) in [6.45, 7) is 0. The fourth-order valence-electron chi connectivity index (χ4n) is 5.62. The molecule has 0 saturated carbocycles. The summed E-state index contributed by atoms with van der Waals surface area (Å²) in [7, 11) is -11.8. The molecule has 0 fully saturated rings. The highest BCUT2D eigenvalue weighted by Gasteiger charge is 2.31. The molecule has 0 atom stereocenters. The second-order valence-corrected chi connectivity index (χ2v) is 18.7. The number of benzene rings is 6. The van der Waals surface area contributed by atoms with E-state index in [1.54, 1.807) is 24.3 Å². The van der Waals surface area contributed by atoms with E-state index in [1.165, 1.54) is 0 Å². The summed E-state index contributed by atoms with van der Waals surface area (Å²) >= 11 is 0. The molecule has 6 rings (SSSR count). The third-order valence-corrected chi connectivity index (χ3v) is 13.5. The van der Waals surface area contributed by atoms with Gasteiger partial charge in [0.2, 0.25) is 0 Å². The van der Waals surface area contributed by atoms with Crippen molar-refractivity contribution in [2.45, 2.75) is 0 Å². The van der Waals surface area contributed by atoms with Crippen LogP contribution in [0.25, 0.3) is 11.1 Å². The molecule has 4 N–H and O–H groups in total. The van der Waals surface area contributed by atoms with Crippen LogP contribution < -0.4 is 41.3 Å². The molecule has 0 aromatic heterocycles. The van der Waals surface area contributed by atoms with Crippen molar-refractivity contribution < 1.29 is 38.2 Å². The summed E-state index contributed by atoms with van der Waals surface area (Å²) < 4.78 is 36.4. The number of rotatable bonds is 13. The lowest BCUT2D eigenvalue weighted by molar-refractivity contribution is 0.298. The molecule has 6 aromatic carbocycles. The first-order valence-corrected chi connectivity index (χ1v) is 21.8. The molecule has 0 aliphatic rings. The standard InChI is InChI=1S/C38H34O8P4/c39-49(40,41)27-45-33-23-13-25-35(47(29-15-5-1-6-16-29)30-17-7-2-8-18-30)37(33)38-34(46-28-50(42,43)44)24-14-26-36(38)48(31-19-9-3-10-20-31)32-21-11-4-12-22-32/h1-26H,27-28H2,(H2,39,40,41)(H2,42,43,44). The summed E-state index contributed by atoms with van der Waals surface area (Å²) in [4.78, 5) is 39.7. The Morgan fingerprint density at radius 1 is 0.400 bits per heavy atom. The van der Waals surface area contributed by atoms with Gasteiger partial charge in [-0.15, -0.1) is 0 Å². The molecule has 0 radical (unpaired) electrons. The maximum absolute atomic E-state index is 12.2. The van der Waals surface area contributed by atoms with E-state index in [0.717, 1.165) is 31.8 Å². The van der Waals surface area contributed by atoms with Crippen LogP contribution in [0.4, 0.5) is 0 Å². The minimum absolute atomic E-state index is 0.203. The summed E-state index contributed by atoms with van der Waals surface area (Å²) in [5.74, 6) is 0.407. The Bertz CT molecular complexity index is 1890. The average Bonchev–Trinajstić information content (AvgIpc) is 3.12. The molecular weight excluding hydrogens is 708 g/mol. The predicted molar refractivity (Wildman–Crippen MR) is 204 cm³/mol. The molecule has 50 heavy (non-hydrogen) atoms. The van der Waals surface area contributed by atoms with Gasteiger partial charge in [0, 0.05) is 11.1 Å². The molecule has 0 saturated heterocycles. The average molecular weight is 743 g/mol. The van der Waals surface area contributed by atoms with E-state index in [1.807, 2.05) is 133 Å². The minimum Gasteiger partial charge on any atom is -0.480 e. The largest absolute Gasteiger partial charge is 0.480 e. The van der Waals surface area contributed by atoms with Crippen LogP contribution in [0.1, 0.15) is 0 Å². The highest BCUT2D eigenvalue weighted by atomic mass is 31.2. The van der Waals surface area contributed by atoms with Gasteiger partial charge in [-0.3, -0.25) is 9.13 Å². The van der Waals surface area contributed by atoms with Gasteiger partial charge in [-0.05, 0) is 59.8 Å². The first kappa shape index (κ1) is 35.9. The molecule has 0 heterocycles. The second-order valence-electron chi connectivity index (χ2n) is 11.2. The molecule has 12 heteroatoms. The maximum Gasteiger partial charge on any atom is 0.362 e. The van der Waals surface area contributed by atoms with Gasteiger partial charge in [-0.2, -0.15) is 0 Å². The van der Waals surface area contributed by atoms with Gasteiger partial charge in [-0.25, -0.2) is 0 Å². The minimum atomic E-state index is -4.62. The Hall–Kier alpha value is -3.92. The maximum atomic E-state index is 12.2. The van der Waals surface area contributed by atoms with Gasteiger partial charge in [0.1, 0.15) is 11.5 Å². The lowest BCUT2D eigenvalue weighted by Gasteiger charge is -2.29. The van der Waals surface area contributed by atoms with Gasteiger partial charge in [0.15, 0.2) is 12.7 Å². The van der Waals surface area contributed by atoms with Crippen molar-refractivity contribution in [2.75, 3.05) is 12.7 Å². The molecule has 6 aromatic rings. The van der Waals surface area contributed by atoms with E-state index in [-0.39, 0.29) is 11.5 Å². The molecule has 0 bridgehead atoms. The van der Waals surface area contributed by atoms with Crippen LogP contribution in [0, 0.1) is 0 Å². The van der Waals surface area contributed by atoms with E-state index in [4.69, 9.17) is 9.47 Å². The Morgan fingerprint density at radius 3 is 0.940 bits per heavy atom. The first-order chi connectivity index (χ1) is 24.1. The zero-order chi connectivity index (χ0) is 35.1. The fourth-order valence-corrected chi connectivity index (χ4v) is 11.2. The van der Waals surface area contributed by atoms with Crippen LogP contribution in [0.3, 0.4) is 0 Å². The highest BCUT2D eigenvalue weighted by molar-refractivity contribution is 7.80. The van der Waals surface area contributed by atoms with Crippen molar-refractivity contribution >= 4 is 62.9 Å². The van der Waals surface area contributed by atoms with E-state index in [9.17, 15) is 28.7 Å². The zero-order valence-electron chi connectivity index (χ0n) is 26.6. The quantitative estimate of drug-likeness (QED) is 0.108. The van der Waals surface area contributed by atoms with Crippen molar-refractivity contribution in [3.8, 4) is 22.6 Å². The summed E-state index contributed by atoms with van der Waals surface area (Å²) in [6.07, 6.45) is -1.74. The molecule has 0 amide bonds. The molecular formula is C38H34O8P4. The Kier molecular flexibility index (Phi) is 11.5. The normalized spacial score (nSPS) is 11.9. The van der Waals surface area contributed by atoms with Gasteiger partial charge in [0.05, 0.1) is 0 Å². The van der Waals surface area contributed by atoms with Crippen LogP contribution in [0.2, 0.25) is 0 Å². The van der Waals surface area contributed by atoms with Gasteiger partial charge >= 0.3 is 15.2 Å². The van der Waals surface area contributed by atoms with Crippen LogP contribution >= 0.6 is 31.0 Å². The van der Waals surface area contributed by atoms with Gasteiger partial charge in [-0.1, -0.05) is 146 Å². The van der Waals surface area contributed by atoms with Crippen LogP contribution in [-0.4, -0.2) is 32.3 Å². The third kappa shape index (κ3) is 8.86. The van der Waals surface area contributed by atoms with Crippen LogP contribution in [0.15, 0.2) is 158 Å². The topological polar surface area (TPSA) is 134 Å². The zero-order valence-corrected chi connectivity index (χ0v) is 30.2. The lowest BCUT2D eigenvalue weighted by atomic mass is 10.0. The van der Waals surface area contributed by atoms with Crippen molar-refractivity contribution in [2.24, 2.45) is 0 Å². The molecule has 254 valence electrons. The molecule has 8 nitrogen and oxygen atoms in total. The first-order valence-electron chi connectivity index (χ1n) is 15.5. The van der Waals surface area contributed by atoms with Crippen molar-refractivity contribution in [1.29, 1.82) is 0 Å². The van der Waals surface area contributed by atoms with Gasteiger partial charge in [0.25, 0.3) is 0 Å². The number of hydrogen-bond acceptors (Lipinski definition) is 4. The monoisotopic (exact) mass is 742 g/mol. The summed E-state index contributed by atoms with van der Waals surface area (Å²) in [6, 6.07) is 50.7. The van der Waals surface area contributed by atoms with E-state index < -0.39 is 43.7 Å². The van der Waals surface area contributed by atoms with Gasteiger partial charge < -0.3 is 29.0 Å². The Labute approximate surface area is 293 Å². The SMILES string of the molecule is O=P(O)(O)COc1cccc(P(c2ccccc2)c2ccccc2)c1-c1c(OCP(=O)(O)O)cccc1P(c1ccccc1)c1ccccc1. The van der Waals surface area contributed by atoms with Crippen molar-refractivity contribution in [3.63, 3.8) is 0 Å². The Morgan fingerprint density at radius 2 is 0.680 bits per heavy atom. The third-order valence-electron chi connectivity index (χ3n) is 7.57. The fraction of sp³-hybridized carbons (Fsp3) is 0.0526. The number of ether oxygens (including phenoxy) is 2. The number of hydrogen-bond donors (Lipinski definition) is 4. The van der Waals surface area contributed by atoms with E-state index in [2.05, 4.69) is 0 Å². The highest BCUT2D eigenvalue weighted by Crippen LogP contribution is 2.48. The summed E-state index contributed by atoms with van der Waals surface area (Å²) in [5.41, 5.74) is 1.05. The molecule has 0 aliphatic heterocycles. The van der Waals surface area contributed by atoms with E-state index in [0.29, 0.717) is 11.1 Å². The lowest BCUT2D eigenvalue weighted by Crippen LogP contribution is -2.26. The van der Waals surface area contributed by atoms with E-state index >= 15 is 0 Å². The van der Waals surface area contributed by atoms with Crippen LogP contribution in [-0.2, 0) is 9.13 Å². The van der Waals surface area contributed by atoms with Crippen molar-refractivity contribution in [3.05, 3.63) is 158 Å². The predicted octanol–water partition coefficient (Wildman–Crippen LogP) is 5.90. The van der Waals surface area contributed by atoms with Crippen LogP contribution in [0.5, 0.6) is 11.5 Å². The van der Waals surface area contributed by atoms with Crippen molar-refractivity contribution in [1.82, 2.24) is 0 Å². The smallest absolute Gasteiger partial charge is 0.362 e. The molecule has 0 spiro atoms. The Balaban J connectivity index is 1.73. The molecule has 0 unspecified atom stereocenters. The second kappa shape index (κ2) is 16.0. The summed E-state index contributed by atoms with van der Waals surface area (Å²) in [5, 5.41) is 5.70.